The lowest BCUT2D eigenvalue weighted by atomic mass is 9.86. The van der Waals surface area contributed by atoms with Crippen LogP contribution in [-0.2, 0) is 5.41 Å². The van der Waals surface area contributed by atoms with Gasteiger partial charge in [-0.25, -0.2) is 0 Å². The minimum absolute atomic E-state index is 0.0963. The van der Waals surface area contributed by atoms with Gasteiger partial charge in [-0.15, -0.1) is 0 Å². The summed E-state index contributed by atoms with van der Waals surface area (Å²) in [5.41, 5.74) is 11.8. The van der Waals surface area contributed by atoms with Crippen LogP contribution in [0.25, 0.3) is 5.70 Å². The van der Waals surface area contributed by atoms with Crippen molar-refractivity contribution in [2.75, 3.05) is 5.01 Å². The minimum atomic E-state index is 0.0963. The average Bonchev–Trinajstić information content (AvgIpc) is 3.34. The molecule has 5 rings (SSSR count). The number of rotatable bonds is 3. The van der Waals surface area contributed by atoms with Crippen molar-refractivity contribution in [3.63, 3.8) is 0 Å². The fraction of sp³-hybridized carbons (Fsp3) is 0.152. The largest absolute Gasteiger partial charge is 0.297 e. The van der Waals surface area contributed by atoms with Crippen LogP contribution in [0.1, 0.15) is 54.6 Å². The Bertz CT molecular complexity index is 1370. The highest BCUT2D eigenvalue weighted by atomic mass is 15.5. The lowest BCUT2D eigenvalue weighted by Gasteiger charge is -2.28. The molecule has 1 unspecified atom stereocenters. The molecule has 0 bridgehead atoms. The number of nitrogens with one attached hydrogen (secondary N) is 1. The second-order valence-corrected chi connectivity index (χ2v) is 9.91. The second-order valence-electron chi connectivity index (χ2n) is 9.91. The van der Waals surface area contributed by atoms with E-state index >= 15 is 0 Å². The molecule has 35 heavy (non-hydrogen) atoms. The van der Waals surface area contributed by atoms with Crippen LogP contribution in [0.5, 0.6) is 0 Å². The molecule has 2 heteroatoms. The van der Waals surface area contributed by atoms with Crippen molar-refractivity contribution in [2.24, 2.45) is 0 Å². The molecule has 0 aromatic heterocycles. The first-order valence-electron chi connectivity index (χ1n) is 12.1. The summed E-state index contributed by atoms with van der Waals surface area (Å²) >= 11 is 0. The summed E-state index contributed by atoms with van der Waals surface area (Å²) in [4.78, 5) is 0. The first-order chi connectivity index (χ1) is 17.0. The van der Waals surface area contributed by atoms with Crippen molar-refractivity contribution in [3.8, 4) is 11.8 Å². The summed E-state index contributed by atoms with van der Waals surface area (Å²) in [6.07, 6.45) is 2.31. The monoisotopic (exact) mass is 454 g/mol. The zero-order valence-corrected chi connectivity index (χ0v) is 20.5. The van der Waals surface area contributed by atoms with Gasteiger partial charge in [0.15, 0.2) is 0 Å². The molecule has 1 N–H and O–H groups in total. The molecule has 172 valence electrons. The van der Waals surface area contributed by atoms with Crippen molar-refractivity contribution < 1.29 is 0 Å². The number of hydrazine groups is 1. The van der Waals surface area contributed by atoms with Gasteiger partial charge in [0.2, 0.25) is 0 Å². The summed E-state index contributed by atoms with van der Waals surface area (Å²) in [5, 5.41) is 2.24. The van der Waals surface area contributed by atoms with Gasteiger partial charge < -0.3 is 0 Å². The molecule has 1 aliphatic rings. The second kappa shape index (κ2) is 9.57. The lowest BCUT2D eigenvalue weighted by molar-refractivity contribution is 0.589. The molecule has 0 spiro atoms. The molecule has 1 atom stereocenters. The summed E-state index contributed by atoms with van der Waals surface area (Å²) in [6, 6.07) is 38.2. The topological polar surface area (TPSA) is 15.3 Å². The van der Waals surface area contributed by atoms with Crippen LogP contribution < -0.4 is 10.4 Å². The number of anilines is 1. The van der Waals surface area contributed by atoms with E-state index in [0.29, 0.717) is 0 Å². The minimum Gasteiger partial charge on any atom is -0.297 e. The normalized spacial score (nSPS) is 15.1. The van der Waals surface area contributed by atoms with Crippen LogP contribution in [0, 0.1) is 11.8 Å². The third-order valence-electron chi connectivity index (χ3n) is 6.32. The zero-order chi connectivity index (χ0) is 24.3. The van der Waals surface area contributed by atoms with E-state index in [4.69, 9.17) is 0 Å². The number of benzene rings is 4. The average molecular weight is 455 g/mol. The molecule has 0 amide bonds. The molecule has 4 aromatic rings. The number of nitrogens with zero attached hydrogens (tertiary/aromatic N) is 1. The predicted molar refractivity (Wildman–Crippen MR) is 147 cm³/mol. The van der Waals surface area contributed by atoms with Gasteiger partial charge in [-0.3, -0.25) is 10.4 Å². The van der Waals surface area contributed by atoms with Gasteiger partial charge in [0.1, 0.15) is 0 Å². The van der Waals surface area contributed by atoms with Crippen LogP contribution >= 0.6 is 0 Å². The maximum absolute atomic E-state index is 3.65. The first kappa shape index (κ1) is 22.6. The molecule has 1 aliphatic heterocycles. The third-order valence-corrected chi connectivity index (χ3v) is 6.32. The molecule has 2 nitrogen and oxygen atoms in total. The standard InChI is InChI=1S/C33H30N2/c1-33(2,3)29-22-20-28(21-23-29)32-24-31(34-35(32)30-12-8-5-9-13-30)27-18-16-26(17-19-27)15-14-25-10-6-4-7-11-25/h4-13,16-24,32,34H,1-3H3. The Kier molecular flexibility index (Phi) is 6.17. The Morgan fingerprint density at radius 1 is 0.657 bits per heavy atom. The van der Waals surface area contributed by atoms with E-state index in [1.807, 2.05) is 30.3 Å². The van der Waals surface area contributed by atoms with E-state index in [9.17, 15) is 0 Å². The highest BCUT2D eigenvalue weighted by Gasteiger charge is 2.27. The van der Waals surface area contributed by atoms with Gasteiger partial charge in [-0.05, 0) is 64.6 Å². The van der Waals surface area contributed by atoms with Gasteiger partial charge >= 0.3 is 0 Å². The van der Waals surface area contributed by atoms with Gasteiger partial charge in [-0.2, -0.15) is 0 Å². The van der Waals surface area contributed by atoms with Gasteiger partial charge in [0.25, 0.3) is 0 Å². The molecular formula is C33H30N2. The summed E-state index contributed by atoms with van der Waals surface area (Å²) < 4.78 is 0. The molecule has 0 saturated carbocycles. The van der Waals surface area contributed by atoms with E-state index in [0.717, 1.165) is 28.1 Å². The van der Waals surface area contributed by atoms with Gasteiger partial charge in [0.05, 0.1) is 17.4 Å². The Balaban J connectivity index is 1.43. The van der Waals surface area contributed by atoms with E-state index in [2.05, 4.69) is 128 Å². The van der Waals surface area contributed by atoms with E-state index in [1.165, 1.54) is 11.1 Å². The first-order valence-corrected chi connectivity index (χ1v) is 12.1. The molecule has 0 radical (unpaired) electrons. The number of hydrogen-bond acceptors (Lipinski definition) is 2. The van der Waals surface area contributed by atoms with Crippen molar-refractivity contribution in [1.29, 1.82) is 0 Å². The van der Waals surface area contributed by atoms with Crippen LogP contribution in [-0.4, -0.2) is 0 Å². The highest BCUT2D eigenvalue weighted by molar-refractivity contribution is 5.72. The quantitative estimate of drug-likeness (QED) is 0.323. The van der Waals surface area contributed by atoms with Crippen LogP contribution in [0.15, 0.2) is 115 Å². The molecule has 4 aromatic carbocycles. The molecule has 0 aliphatic carbocycles. The van der Waals surface area contributed by atoms with E-state index in [-0.39, 0.29) is 11.5 Å². The molecule has 0 fully saturated rings. The van der Waals surface area contributed by atoms with E-state index in [1.54, 1.807) is 0 Å². The Morgan fingerprint density at radius 2 is 1.23 bits per heavy atom. The van der Waals surface area contributed by atoms with Crippen molar-refractivity contribution >= 4 is 11.4 Å². The maximum atomic E-state index is 3.65. The van der Waals surface area contributed by atoms with E-state index < -0.39 is 0 Å². The SMILES string of the molecule is CC(C)(C)c1ccc(C2C=C(c3ccc(C#Cc4ccccc4)cc3)NN2c2ccccc2)cc1. The fourth-order valence-corrected chi connectivity index (χ4v) is 4.27. The van der Waals surface area contributed by atoms with Crippen molar-refractivity contribution in [2.45, 2.75) is 32.2 Å². The predicted octanol–water partition coefficient (Wildman–Crippen LogP) is 7.49. The fourth-order valence-electron chi connectivity index (χ4n) is 4.27. The summed E-state index contributed by atoms with van der Waals surface area (Å²) in [6.45, 7) is 6.75. The van der Waals surface area contributed by atoms with Gasteiger partial charge in [0, 0.05) is 11.1 Å². The smallest absolute Gasteiger partial charge is 0.0958 e. The third kappa shape index (κ3) is 5.15. The van der Waals surface area contributed by atoms with Crippen molar-refractivity contribution in [1.82, 2.24) is 5.43 Å². The van der Waals surface area contributed by atoms with Crippen LogP contribution in [0.4, 0.5) is 5.69 Å². The summed E-state index contributed by atoms with van der Waals surface area (Å²) in [7, 11) is 0. The number of para-hydroxylation sites is 1. The van der Waals surface area contributed by atoms with Crippen LogP contribution in [0.3, 0.4) is 0 Å². The Morgan fingerprint density at radius 3 is 1.83 bits per heavy atom. The van der Waals surface area contributed by atoms with Crippen molar-refractivity contribution in [3.05, 3.63) is 143 Å². The summed E-state index contributed by atoms with van der Waals surface area (Å²) in [5.74, 6) is 6.50. The molecule has 0 saturated heterocycles. The highest BCUT2D eigenvalue weighted by Crippen LogP contribution is 2.35. The molecular weight excluding hydrogens is 424 g/mol. The Hall–Kier alpha value is -4.22. The maximum Gasteiger partial charge on any atom is 0.0958 e. The molecule has 1 heterocycles. The van der Waals surface area contributed by atoms with Crippen LogP contribution in [0.2, 0.25) is 0 Å². The van der Waals surface area contributed by atoms with Gasteiger partial charge in [-0.1, -0.05) is 105 Å². The Labute approximate surface area is 208 Å². The number of hydrogen-bond donors (Lipinski definition) is 1. The zero-order valence-electron chi connectivity index (χ0n) is 20.5. The lowest BCUT2D eigenvalue weighted by Crippen LogP contribution is -2.33.